The van der Waals surface area contributed by atoms with Crippen LogP contribution >= 0.6 is 0 Å². The molecule has 2 heterocycles. The summed E-state index contributed by atoms with van der Waals surface area (Å²) >= 11 is 0. The molecule has 0 aliphatic carbocycles. The highest BCUT2D eigenvalue weighted by molar-refractivity contribution is 5.80. The molecule has 1 aliphatic heterocycles. The Morgan fingerprint density at radius 1 is 1.08 bits per heavy atom. The Kier molecular flexibility index (Phi) is 4.43. The lowest BCUT2D eigenvalue weighted by atomic mass is 9.99. The van der Waals surface area contributed by atoms with Gasteiger partial charge < -0.3 is 39.4 Å². The smallest absolute Gasteiger partial charge is 0.336 e. The monoisotopic (exact) mass is 340 g/mol. The van der Waals surface area contributed by atoms with Crippen LogP contribution in [0.3, 0.4) is 0 Å². The molecule has 24 heavy (non-hydrogen) atoms. The first-order valence-electron chi connectivity index (χ1n) is 7.15. The number of aliphatic hydroxyl groups is 4. The van der Waals surface area contributed by atoms with E-state index in [2.05, 4.69) is 0 Å². The molecule has 9 nitrogen and oxygen atoms in total. The lowest BCUT2D eigenvalue weighted by molar-refractivity contribution is -0.277. The average Bonchev–Trinajstić information content (AvgIpc) is 2.56. The summed E-state index contributed by atoms with van der Waals surface area (Å²) in [6.07, 6.45) is -7.27. The fraction of sp³-hybridized carbons (Fsp3) is 0.400. The van der Waals surface area contributed by atoms with Crippen LogP contribution in [0.5, 0.6) is 11.5 Å². The van der Waals surface area contributed by atoms with Gasteiger partial charge in [0.15, 0.2) is 11.5 Å². The Bertz CT molecular complexity index is 784. The van der Waals surface area contributed by atoms with E-state index in [9.17, 15) is 25.2 Å². The third-order valence-electron chi connectivity index (χ3n) is 3.79. The van der Waals surface area contributed by atoms with E-state index in [0.717, 1.165) is 6.07 Å². The van der Waals surface area contributed by atoms with E-state index >= 15 is 0 Å². The topological polar surface area (TPSA) is 150 Å². The Morgan fingerprint density at radius 2 is 1.83 bits per heavy atom. The van der Waals surface area contributed by atoms with Gasteiger partial charge in [0.1, 0.15) is 30.0 Å². The van der Waals surface area contributed by atoms with Gasteiger partial charge in [0, 0.05) is 17.5 Å². The summed E-state index contributed by atoms with van der Waals surface area (Å²) in [4.78, 5) is 11.2. The number of hydrogen-bond donors (Lipinski definition) is 5. The van der Waals surface area contributed by atoms with Crippen molar-refractivity contribution in [3.05, 3.63) is 34.7 Å². The summed E-state index contributed by atoms with van der Waals surface area (Å²) in [7, 11) is 0. The SMILES string of the molecule is O=c1ccc2cc(O[C@@H]3O[C@H](CO)[C@H](O)[C@H](O)[C@H]3O)c(O)cc2o1. The van der Waals surface area contributed by atoms with Gasteiger partial charge in [0.25, 0.3) is 0 Å². The number of aromatic hydroxyl groups is 1. The summed E-state index contributed by atoms with van der Waals surface area (Å²) in [5.41, 5.74) is -0.439. The second kappa shape index (κ2) is 6.38. The van der Waals surface area contributed by atoms with Crippen LogP contribution in [0.15, 0.2) is 33.5 Å². The molecule has 1 aromatic carbocycles. The minimum Gasteiger partial charge on any atom is -0.504 e. The van der Waals surface area contributed by atoms with Crippen LogP contribution in [0.25, 0.3) is 11.0 Å². The van der Waals surface area contributed by atoms with E-state index in [1.165, 1.54) is 18.2 Å². The van der Waals surface area contributed by atoms with Crippen molar-refractivity contribution < 1.29 is 39.4 Å². The van der Waals surface area contributed by atoms with Crippen LogP contribution in [-0.2, 0) is 4.74 Å². The summed E-state index contributed by atoms with van der Waals surface area (Å²) in [5.74, 6) is -0.477. The molecular weight excluding hydrogens is 324 g/mol. The van der Waals surface area contributed by atoms with Gasteiger partial charge >= 0.3 is 5.63 Å². The fourth-order valence-corrected chi connectivity index (χ4v) is 2.47. The molecular formula is C15H16O9. The zero-order valence-electron chi connectivity index (χ0n) is 12.3. The number of phenolic OH excluding ortho intramolecular Hbond substituents is 1. The number of aliphatic hydroxyl groups excluding tert-OH is 4. The average molecular weight is 340 g/mol. The van der Waals surface area contributed by atoms with E-state index in [-0.39, 0.29) is 17.1 Å². The van der Waals surface area contributed by atoms with Crippen molar-refractivity contribution in [3.63, 3.8) is 0 Å². The predicted molar refractivity (Wildman–Crippen MR) is 78.5 cm³/mol. The van der Waals surface area contributed by atoms with Crippen molar-refractivity contribution in [2.24, 2.45) is 0 Å². The number of benzene rings is 1. The van der Waals surface area contributed by atoms with Crippen LogP contribution in [0.1, 0.15) is 0 Å². The van der Waals surface area contributed by atoms with Gasteiger partial charge in [0.05, 0.1) is 6.61 Å². The van der Waals surface area contributed by atoms with Gasteiger partial charge in [-0.05, 0) is 12.1 Å². The molecule has 0 saturated carbocycles. The first-order valence-corrected chi connectivity index (χ1v) is 7.15. The van der Waals surface area contributed by atoms with Crippen LogP contribution in [0.4, 0.5) is 0 Å². The van der Waals surface area contributed by atoms with Gasteiger partial charge in [-0.2, -0.15) is 0 Å². The maximum Gasteiger partial charge on any atom is 0.336 e. The molecule has 0 bridgehead atoms. The number of phenols is 1. The lowest BCUT2D eigenvalue weighted by Crippen LogP contribution is -2.60. The third-order valence-corrected chi connectivity index (χ3v) is 3.79. The molecule has 2 aromatic rings. The standard InChI is InChI=1S/C15H16O9/c16-5-10-12(19)13(20)14(21)15(24-10)23-9-3-6-1-2-11(18)22-8(6)4-7(9)17/h1-4,10,12-17,19-21H,5H2/t10-,12+,13+,14-,15-/m1/s1. The molecule has 1 aromatic heterocycles. The molecule has 0 unspecified atom stereocenters. The summed E-state index contributed by atoms with van der Waals surface area (Å²) < 4.78 is 15.5. The summed E-state index contributed by atoms with van der Waals surface area (Å²) in [6.45, 7) is -0.598. The maximum atomic E-state index is 11.2. The van der Waals surface area contributed by atoms with Gasteiger partial charge in [-0.1, -0.05) is 0 Å². The molecule has 5 atom stereocenters. The fourth-order valence-electron chi connectivity index (χ4n) is 2.47. The van der Waals surface area contributed by atoms with Gasteiger partial charge in [0.2, 0.25) is 6.29 Å². The molecule has 1 aliphatic rings. The summed E-state index contributed by atoms with van der Waals surface area (Å²) in [6, 6.07) is 5.17. The largest absolute Gasteiger partial charge is 0.504 e. The number of hydrogen-bond acceptors (Lipinski definition) is 9. The van der Waals surface area contributed by atoms with Crippen LogP contribution in [-0.4, -0.2) is 62.8 Å². The second-order valence-electron chi connectivity index (χ2n) is 5.43. The number of ether oxygens (including phenoxy) is 2. The zero-order valence-corrected chi connectivity index (χ0v) is 12.3. The molecule has 0 radical (unpaired) electrons. The highest BCUT2D eigenvalue weighted by Crippen LogP contribution is 2.33. The molecule has 0 amide bonds. The van der Waals surface area contributed by atoms with Crippen molar-refractivity contribution in [1.82, 2.24) is 0 Å². The number of rotatable bonds is 3. The molecule has 130 valence electrons. The molecule has 9 heteroatoms. The van der Waals surface area contributed by atoms with Crippen LogP contribution in [0, 0.1) is 0 Å². The van der Waals surface area contributed by atoms with E-state index in [0.29, 0.717) is 5.39 Å². The van der Waals surface area contributed by atoms with Gasteiger partial charge in [-0.25, -0.2) is 4.79 Å². The highest BCUT2D eigenvalue weighted by atomic mass is 16.7. The maximum absolute atomic E-state index is 11.2. The van der Waals surface area contributed by atoms with Crippen LogP contribution < -0.4 is 10.4 Å². The molecule has 3 rings (SSSR count). The normalized spacial score (nSPS) is 30.4. The summed E-state index contributed by atoms with van der Waals surface area (Å²) in [5, 5.41) is 49.0. The lowest BCUT2D eigenvalue weighted by Gasteiger charge is -2.39. The van der Waals surface area contributed by atoms with Crippen LogP contribution in [0.2, 0.25) is 0 Å². The molecule has 1 saturated heterocycles. The van der Waals surface area contributed by atoms with E-state index in [1.54, 1.807) is 0 Å². The van der Waals surface area contributed by atoms with Gasteiger partial charge in [-0.15, -0.1) is 0 Å². The molecule has 5 N–H and O–H groups in total. The van der Waals surface area contributed by atoms with Gasteiger partial charge in [-0.3, -0.25) is 0 Å². The Labute approximate surface area is 134 Å². The van der Waals surface area contributed by atoms with Crippen molar-refractivity contribution >= 4 is 11.0 Å². The molecule has 1 fully saturated rings. The minimum atomic E-state index is -1.60. The van der Waals surface area contributed by atoms with E-state index in [4.69, 9.17) is 19.0 Å². The van der Waals surface area contributed by atoms with Crippen molar-refractivity contribution in [2.45, 2.75) is 30.7 Å². The van der Waals surface area contributed by atoms with Crippen molar-refractivity contribution in [1.29, 1.82) is 0 Å². The van der Waals surface area contributed by atoms with E-state index in [1.807, 2.05) is 0 Å². The highest BCUT2D eigenvalue weighted by Gasteiger charge is 2.44. The van der Waals surface area contributed by atoms with E-state index < -0.39 is 42.9 Å². The Morgan fingerprint density at radius 3 is 2.54 bits per heavy atom. The second-order valence-corrected chi connectivity index (χ2v) is 5.43. The Hall–Kier alpha value is -2.17. The van der Waals surface area contributed by atoms with Crippen molar-refractivity contribution in [3.8, 4) is 11.5 Å². The third kappa shape index (κ3) is 2.95. The quantitative estimate of drug-likeness (QED) is 0.429. The first-order chi connectivity index (χ1) is 11.4. The predicted octanol–water partition coefficient (Wildman–Crippen LogP) is -1.32. The number of fused-ring (bicyclic) bond motifs is 1. The van der Waals surface area contributed by atoms with Crippen molar-refractivity contribution in [2.75, 3.05) is 6.61 Å². The minimum absolute atomic E-state index is 0.0966. The Balaban J connectivity index is 1.89. The zero-order chi connectivity index (χ0) is 17.4. The molecule has 0 spiro atoms. The first kappa shape index (κ1) is 16.7.